The maximum absolute atomic E-state index is 12.0. The van der Waals surface area contributed by atoms with E-state index in [0.29, 0.717) is 22.3 Å². The first kappa shape index (κ1) is 20.4. The minimum absolute atomic E-state index is 0.320. The van der Waals surface area contributed by atoms with E-state index >= 15 is 0 Å². The zero-order valence-electron chi connectivity index (χ0n) is 18.0. The van der Waals surface area contributed by atoms with Gasteiger partial charge in [-0.15, -0.1) is 0 Å². The zero-order valence-corrected chi connectivity index (χ0v) is 18.7. The molecule has 0 radical (unpaired) electrons. The highest BCUT2D eigenvalue weighted by Gasteiger charge is 2.41. The Hall–Kier alpha value is -4.17. The molecule has 0 bridgehead atoms. The SMILES string of the molecule is COC(=O)c1ccc([C@@H]2Oc3ccc(Cl)cc3C3=C2[C@H](c2cccnc2)n2ncnc2N3)cc1. The highest BCUT2D eigenvalue weighted by atomic mass is 35.5. The van der Waals surface area contributed by atoms with Crippen LogP contribution in [0.5, 0.6) is 5.75 Å². The van der Waals surface area contributed by atoms with Gasteiger partial charge in [-0.2, -0.15) is 10.1 Å². The fraction of sp³-hybridized carbons (Fsp3) is 0.120. The lowest BCUT2D eigenvalue weighted by atomic mass is 9.85. The highest BCUT2D eigenvalue weighted by Crippen LogP contribution is 2.50. The first-order chi connectivity index (χ1) is 16.6. The molecule has 0 fully saturated rings. The molecule has 2 aromatic carbocycles. The van der Waals surface area contributed by atoms with Crippen molar-refractivity contribution in [1.29, 1.82) is 0 Å². The van der Waals surface area contributed by atoms with Crippen LogP contribution in [-0.4, -0.2) is 32.8 Å². The molecule has 8 nitrogen and oxygen atoms in total. The predicted molar refractivity (Wildman–Crippen MR) is 126 cm³/mol. The molecule has 0 amide bonds. The van der Waals surface area contributed by atoms with Gasteiger partial charge in [0, 0.05) is 28.6 Å². The number of halogens is 1. The van der Waals surface area contributed by atoms with E-state index in [1.54, 1.807) is 24.4 Å². The molecule has 0 saturated heterocycles. The number of carbonyl (C=O) groups excluding carboxylic acids is 1. The zero-order chi connectivity index (χ0) is 23.2. The monoisotopic (exact) mass is 471 g/mol. The maximum atomic E-state index is 12.0. The van der Waals surface area contributed by atoms with E-state index < -0.39 is 12.1 Å². The number of fused-ring (bicyclic) bond motifs is 3. The number of hydrogen-bond acceptors (Lipinski definition) is 7. The third-order valence-electron chi connectivity index (χ3n) is 6.01. The number of ether oxygens (including phenoxy) is 2. The first-order valence-electron chi connectivity index (χ1n) is 10.6. The third kappa shape index (κ3) is 3.22. The van der Waals surface area contributed by atoms with Crippen LogP contribution in [0.2, 0.25) is 5.02 Å². The Kier molecular flexibility index (Phi) is 4.81. The number of rotatable bonds is 3. The summed E-state index contributed by atoms with van der Waals surface area (Å²) in [5.74, 6) is 0.909. The summed E-state index contributed by atoms with van der Waals surface area (Å²) in [7, 11) is 1.36. The Bertz CT molecular complexity index is 1430. The van der Waals surface area contributed by atoms with E-state index in [9.17, 15) is 4.79 Å². The Labute approximate surface area is 199 Å². The van der Waals surface area contributed by atoms with Gasteiger partial charge in [-0.3, -0.25) is 4.98 Å². The van der Waals surface area contributed by atoms with Crippen molar-refractivity contribution >= 4 is 29.2 Å². The molecule has 2 aliphatic rings. The number of pyridine rings is 1. The van der Waals surface area contributed by atoms with Gasteiger partial charge >= 0.3 is 5.97 Å². The van der Waals surface area contributed by atoms with Crippen LogP contribution in [0.1, 0.15) is 39.2 Å². The largest absolute Gasteiger partial charge is 0.480 e. The number of anilines is 1. The van der Waals surface area contributed by atoms with Crippen LogP contribution in [0.15, 0.2) is 78.9 Å². The third-order valence-corrected chi connectivity index (χ3v) is 6.25. The number of nitrogens with one attached hydrogen (secondary N) is 1. The fourth-order valence-corrected chi connectivity index (χ4v) is 4.66. The summed E-state index contributed by atoms with van der Waals surface area (Å²) in [5.41, 5.74) is 4.92. The molecule has 34 heavy (non-hydrogen) atoms. The van der Waals surface area contributed by atoms with Crippen LogP contribution in [0, 0.1) is 0 Å². The predicted octanol–water partition coefficient (Wildman–Crippen LogP) is 4.67. The second-order valence-electron chi connectivity index (χ2n) is 7.92. The number of aromatic nitrogens is 4. The van der Waals surface area contributed by atoms with E-state index in [-0.39, 0.29) is 6.04 Å². The molecular formula is C25H18ClN5O3. The molecule has 2 aliphatic heterocycles. The molecule has 0 unspecified atom stereocenters. The second kappa shape index (κ2) is 8.00. The first-order valence-corrected chi connectivity index (χ1v) is 11.0. The van der Waals surface area contributed by atoms with Gasteiger partial charge in [0.1, 0.15) is 24.2 Å². The lowest BCUT2D eigenvalue weighted by Crippen LogP contribution is -2.32. The summed E-state index contributed by atoms with van der Waals surface area (Å²) in [6.45, 7) is 0. The van der Waals surface area contributed by atoms with E-state index in [0.717, 1.165) is 28.0 Å². The molecule has 4 aromatic rings. The number of hydrogen-bond donors (Lipinski definition) is 1. The maximum Gasteiger partial charge on any atom is 0.337 e. The number of carbonyl (C=O) groups is 1. The normalized spacial score (nSPS) is 18.2. The summed E-state index contributed by atoms with van der Waals surface area (Å²) in [4.78, 5) is 20.7. The van der Waals surface area contributed by atoms with Crippen LogP contribution in [0.4, 0.5) is 5.95 Å². The van der Waals surface area contributed by atoms with Crippen molar-refractivity contribution in [3.8, 4) is 5.75 Å². The summed E-state index contributed by atoms with van der Waals surface area (Å²) >= 11 is 6.36. The molecule has 0 saturated carbocycles. The number of nitrogens with zero attached hydrogens (tertiary/aromatic N) is 4. The Morgan fingerprint density at radius 1 is 1.15 bits per heavy atom. The molecule has 1 N–H and O–H groups in total. The topological polar surface area (TPSA) is 91.2 Å². The van der Waals surface area contributed by atoms with Crippen molar-refractivity contribution in [3.05, 3.63) is 106 Å². The van der Waals surface area contributed by atoms with Gasteiger partial charge in [0.25, 0.3) is 0 Å². The number of esters is 1. The Morgan fingerprint density at radius 2 is 2.00 bits per heavy atom. The number of methoxy groups -OCH3 is 1. The van der Waals surface area contributed by atoms with Gasteiger partial charge in [-0.05, 0) is 47.5 Å². The van der Waals surface area contributed by atoms with Crippen LogP contribution >= 0.6 is 11.6 Å². The van der Waals surface area contributed by atoms with Gasteiger partial charge in [0.05, 0.1) is 18.4 Å². The van der Waals surface area contributed by atoms with Crippen LogP contribution < -0.4 is 10.1 Å². The van der Waals surface area contributed by atoms with Gasteiger partial charge in [0.2, 0.25) is 5.95 Å². The molecule has 9 heteroatoms. The molecule has 4 heterocycles. The van der Waals surface area contributed by atoms with Gasteiger partial charge in [-0.1, -0.05) is 29.8 Å². The molecular weight excluding hydrogens is 454 g/mol. The van der Waals surface area contributed by atoms with Crippen LogP contribution in [-0.2, 0) is 4.74 Å². The van der Waals surface area contributed by atoms with Crippen molar-refractivity contribution < 1.29 is 14.3 Å². The smallest absolute Gasteiger partial charge is 0.337 e. The standard InChI is InChI=1S/C25H18ClN5O3/c1-33-24(32)15-6-4-14(5-7-15)23-20-21(18-11-17(26)8-9-19(18)34-23)30-25-28-13-29-31(25)22(20)16-3-2-10-27-12-16/h2-13,22-23H,1H3,(H,28,29,30)/t22-,23-/m0/s1. The lowest BCUT2D eigenvalue weighted by Gasteiger charge is -2.38. The summed E-state index contributed by atoms with van der Waals surface area (Å²) < 4.78 is 13.2. The fourth-order valence-electron chi connectivity index (χ4n) is 4.49. The summed E-state index contributed by atoms with van der Waals surface area (Å²) in [6, 6.07) is 16.3. The van der Waals surface area contributed by atoms with Crippen LogP contribution in [0.3, 0.4) is 0 Å². The van der Waals surface area contributed by atoms with Crippen LogP contribution in [0.25, 0.3) is 5.70 Å². The number of benzene rings is 2. The quantitative estimate of drug-likeness (QED) is 0.434. The molecule has 0 spiro atoms. The second-order valence-corrected chi connectivity index (χ2v) is 8.36. The van der Waals surface area contributed by atoms with Crippen molar-refractivity contribution in [2.45, 2.75) is 12.1 Å². The van der Waals surface area contributed by atoms with Gasteiger partial charge < -0.3 is 14.8 Å². The molecule has 2 atom stereocenters. The van der Waals surface area contributed by atoms with Gasteiger partial charge in [0.15, 0.2) is 0 Å². The van der Waals surface area contributed by atoms with Crippen molar-refractivity contribution in [2.24, 2.45) is 0 Å². The van der Waals surface area contributed by atoms with E-state index in [4.69, 9.17) is 21.1 Å². The molecule has 0 aliphatic carbocycles. The van der Waals surface area contributed by atoms with E-state index in [2.05, 4.69) is 20.4 Å². The van der Waals surface area contributed by atoms with E-state index in [1.165, 1.54) is 13.4 Å². The Balaban J connectivity index is 1.57. The minimum atomic E-state index is -0.467. The molecule has 6 rings (SSSR count). The highest BCUT2D eigenvalue weighted by molar-refractivity contribution is 6.30. The lowest BCUT2D eigenvalue weighted by molar-refractivity contribution is 0.0600. The summed E-state index contributed by atoms with van der Waals surface area (Å²) in [6.07, 6.45) is 4.60. The van der Waals surface area contributed by atoms with E-state index in [1.807, 2.05) is 47.3 Å². The molecule has 2 aromatic heterocycles. The summed E-state index contributed by atoms with van der Waals surface area (Å²) in [5, 5.41) is 8.53. The minimum Gasteiger partial charge on any atom is -0.480 e. The van der Waals surface area contributed by atoms with Crippen molar-refractivity contribution in [2.75, 3.05) is 12.4 Å². The van der Waals surface area contributed by atoms with Crippen molar-refractivity contribution in [3.63, 3.8) is 0 Å². The Morgan fingerprint density at radius 3 is 2.76 bits per heavy atom. The van der Waals surface area contributed by atoms with Gasteiger partial charge in [-0.25, -0.2) is 9.48 Å². The average Bonchev–Trinajstić information content (AvgIpc) is 3.35. The molecule has 168 valence electrons. The average molecular weight is 472 g/mol. The van der Waals surface area contributed by atoms with Crippen molar-refractivity contribution in [1.82, 2.24) is 19.7 Å².